The second-order valence-electron chi connectivity index (χ2n) is 3.60. The summed E-state index contributed by atoms with van der Waals surface area (Å²) in [6.07, 6.45) is -5.11. The highest BCUT2D eigenvalue weighted by Crippen LogP contribution is 2.41. The van der Waals surface area contributed by atoms with E-state index in [0.717, 1.165) is 6.92 Å². The molecular formula is C11H7Cl2F3N2O. The summed E-state index contributed by atoms with van der Waals surface area (Å²) in [4.78, 5) is 11.3. The summed E-state index contributed by atoms with van der Waals surface area (Å²) in [5, 5.41) is 9.97. The Bertz CT molecular complexity index is 565. The van der Waals surface area contributed by atoms with Crippen LogP contribution in [-0.2, 0) is 11.0 Å². The maximum absolute atomic E-state index is 12.8. The average Bonchev–Trinajstić information content (AvgIpc) is 2.28. The maximum Gasteiger partial charge on any atom is 0.416 e. The van der Waals surface area contributed by atoms with Crippen molar-refractivity contribution in [3.05, 3.63) is 27.2 Å². The van der Waals surface area contributed by atoms with Gasteiger partial charge in [0, 0.05) is 0 Å². The molecule has 102 valence electrons. The number of carbonyl (C=O) groups is 1. The number of benzene rings is 1. The Morgan fingerprint density at radius 1 is 1.47 bits per heavy atom. The van der Waals surface area contributed by atoms with Crippen LogP contribution in [0.1, 0.15) is 17.5 Å². The molecule has 1 amide bonds. The van der Waals surface area contributed by atoms with Crippen molar-refractivity contribution in [2.75, 3.05) is 5.32 Å². The van der Waals surface area contributed by atoms with Crippen LogP contribution in [0.25, 0.3) is 0 Å². The first-order valence-corrected chi connectivity index (χ1v) is 5.66. The van der Waals surface area contributed by atoms with Crippen LogP contribution in [0.2, 0.25) is 10.0 Å². The van der Waals surface area contributed by atoms with Gasteiger partial charge in [0.25, 0.3) is 0 Å². The Hall–Kier alpha value is -1.45. The molecule has 0 aliphatic rings. The summed E-state index contributed by atoms with van der Waals surface area (Å²) in [7, 11) is 0. The zero-order valence-corrected chi connectivity index (χ0v) is 11.0. The first-order valence-electron chi connectivity index (χ1n) is 4.91. The lowest BCUT2D eigenvalue weighted by Gasteiger charge is -2.17. The van der Waals surface area contributed by atoms with Gasteiger partial charge in [-0.1, -0.05) is 23.2 Å². The normalized spacial score (nSPS) is 11.0. The number of alkyl halides is 3. The number of amides is 1. The molecule has 0 spiro atoms. The Balaban J connectivity index is 3.35. The molecule has 3 nitrogen and oxygen atoms in total. The highest BCUT2D eigenvalue weighted by Gasteiger charge is 2.34. The summed E-state index contributed by atoms with van der Waals surface area (Å²) in [6, 6.07) is 2.27. The van der Waals surface area contributed by atoms with E-state index in [1.165, 1.54) is 0 Å². The average molecular weight is 311 g/mol. The molecule has 0 heterocycles. The maximum atomic E-state index is 12.8. The minimum absolute atomic E-state index is 0.196. The largest absolute Gasteiger partial charge is 0.416 e. The van der Waals surface area contributed by atoms with Crippen molar-refractivity contribution >= 4 is 34.8 Å². The smallest absolute Gasteiger partial charge is 0.324 e. The van der Waals surface area contributed by atoms with Gasteiger partial charge in [-0.15, -0.1) is 0 Å². The molecule has 0 unspecified atom stereocenters. The topological polar surface area (TPSA) is 52.9 Å². The molecule has 8 heteroatoms. The number of anilines is 1. The Morgan fingerprint density at radius 2 is 2.05 bits per heavy atom. The van der Waals surface area contributed by atoms with Crippen LogP contribution in [-0.4, -0.2) is 5.91 Å². The van der Waals surface area contributed by atoms with Crippen LogP contribution in [0.4, 0.5) is 18.9 Å². The summed E-state index contributed by atoms with van der Waals surface area (Å²) in [5.41, 5.74) is -1.48. The zero-order chi connectivity index (χ0) is 14.8. The first kappa shape index (κ1) is 15.6. The van der Waals surface area contributed by atoms with Gasteiger partial charge in [0.15, 0.2) is 0 Å². The van der Waals surface area contributed by atoms with Gasteiger partial charge in [0.1, 0.15) is 6.42 Å². The third kappa shape index (κ3) is 3.52. The van der Waals surface area contributed by atoms with Crippen molar-refractivity contribution < 1.29 is 18.0 Å². The van der Waals surface area contributed by atoms with Crippen molar-refractivity contribution in [1.29, 1.82) is 5.26 Å². The van der Waals surface area contributed by atoms with Gasteiger partial charge in [-0.2, -0.15) is 18.4 Å². The molecule has 0 aliphatic heterocycles. The fourth-order valence-electron chi connectivity index (χ4n) is 1.42. The molecular weight excluding hydrogens is 304 g/mol. The van der Waals surface area contributed by atoms with E-state index in [9.17, 15) is 18.0 Å². The minimum atomic E-state index is -4.62. The molecule has 0 aliphatic carbocycles. The molecule has 1 aromatic rings. The standard InChI is InChI=1S/C11H7Cl2F3N2O/c1-5-6(11(14,15)16)4-7(12)9(13)10(5)18-8(19)2-3-17/h4H,2H2,1H3,(H,18,19). The van der Waals surface area contributed by atoms with Gasteiger partial charge >= 0.3 is 6.18 Å². The van der Waals surface area contributed by atoms with Crippen molar-refractivity contribution in [3.8, 4) is 6.07 Å². The van der Waals surface area contributed by atoms with Crippen LogP contribution in [0.15, 0.2) is 6.07 Å². The third-order valence-corrected chi connectivity index (χ3v) is 3.08. The molecule has 0 fully saturated rings. The van der Waals surface area contributed by atoms with Gasteiger partial charge in [-0.3, -0.25) is 4.79 Å². The van der Waals surface area contributed by atoms with Crippen molar-refractivity contribution in [2.24, 2.45) is 0 Å². The van der Waals surface area contributed by atoms with E-state index in [4.69, 9.17) is 28.5 Å². The molecule has 0 atom stereocenters. The summed E-state index contributed by atoms with van der Waals surface area (Å²) in [5.74, 6) is -0.761. The predicted octanol–water partition coefficient (Wildman–Crippen LogP) is 4.17. The van der Waals surface area contributed by atoms with Crippen LogP contribution < -0.4 is 5.32 Å². The molecule has 1 aromatic carbocycles. The molecule has 19 heavy (non-hydrogen) atoms. The Morgan fingerprint density at radius 3 is 2.53 bits per heavy atom. The fourth-order valence-corrected chi connectivity index (χ4v) is 1.86. The van der Waals surface area contributed by atoms with Gasteiger partial charge < -0.3 is 5.32 Å². The highest BCUT2D eigenvalue weighted by atomic mass is 35.5. The van der Waals surface area contributed by atoms with Crippen LogP contribution in [0.3, 0.4) is 0 Å². The van der Waals surface area contributed by atoms with E-state index >= 15 is 0 Å². The predicted molar refractivity (Wildman–Crippen MR) is 65.1 cm³/mol. The number of halogens is 5. The summed E-state index contributed by atoms with van der Waals surface area (Å²) < 4.78 is 38.3. The summed E-state index contributed by atoms with van der Waals surface area (Å²) >= 11 is 11.4. The number of carbonyl (C=O) groups excluding carboxylic acids is 1. The van der Waals surface area contributed by atoms with Crippen molar-refractivity contribution in [3.63, 3.8) is 0 Å². The quantitative estimate of drug-likeness (QED) is 0.891. The van der Waals surface area contributed by atoms with Gasteiger partial charge in [0.2, 0.25) is 5.91 Å². The molecule has 0 aromatic heterocycles. The SMILES string of the molecule is Cc1c(C(F)(F)F)cc(Cl)c(Cl)c1NC(=O)CC#N. The van der Waals surface area contributed by atoms with E-state index in [1.54, 1.807) is 6.07 Å². The van der Waals surface area contributed by atoms with Gasteiger partial charge in [-0.25, -0.2) is 0 Å². The Kier molecular flexibility index (Phi) is 4.66. The molecule has 1 rings (SSSR count). The second kappa shape index (κ2) is 5.68. The van der Waals surface area contributed by atoms with Crippen molar-refractivity contribution in [1.82, 2.24) is 0 Å². The van der Waals surface area contributed by atoms with E-state index in [1.807, 2.05) is 0 Å². The van der Waals surface area contributed by atoms with E-state index < -0.39 is 24.1 Å². The first-order chi connectivity index (χ1) is 8.68. The fraction of sp³-hybridized carbons (Fsp3) is 0.273. The van der Waals surface area contributed by atoms with E-state index in [0.29, 0.717) is 6.07 Å². The van der Waals surface area contributed by atoms with Crippen LogP contribution in [0.5, 0.6) is 0 Å². The molecule has 0 radical (unpaired) electrons. The molecule has 0 bridgehead atoms. The van der Waals surface area contributed by atoms with Gasteiger partial charge in [-0.05, 0) is 18.6 Å². The lowest BCUT2D eigenvalue weighted by atomic mass is 10.1. The Labute approximate surface area is 116 Å². The number of nitrogens with zero attached hydrogens (tertiary/aromatic N) is 1. The number of nitrogens with one attached hydrogen (secondary N) is 1. The minimum Gasteiger partial charge on any atom is -0.324 e. The monoisotopic (exact) mass is 310 g/mol. The molecule has 0 saturated carbocycles. The highest BCUT2D eigenvalue weighted by molar-refractivity contribution is 6.44. The second-order valence-corrected chi connectivity index (χ2v) is 4.39. The van der Waals surface area contributed by atoms with Crippen LogP contribution >= 0.6 is 23.2 Å². The number of nitriles is 1. The van der Waals surface area contributed by atoms with E-state index in [-0.39, 0.29) is 21.3 Å². The van der Waals surface area contributed by atoms with E-state index in [2.05, 4.69) is 5.32 Å². The van der Waals surface area contributed by atoms with Crippen LogP contribution in [0, 0.1) is 18.3 Å². The lowest BCUT2D eigenvalue weighted by molar-refractivity contribution is -0.138. The number of rotatable bonds is 2. The molecule has 1 N–H and O–H groups in total. The molecule has 0 saturated heterocycles. The number of hydrogen-bond donors (Lipinski definition) is 1. The van der Waals surface area contributed by atoms with Gasteiger partial charge in [0.05, 0.1) is 27.4 Å². The zero-order valence-electron chi connectivity index (χ0n) is 9.53. The summed E-state index contributed by atoms with van der Waals surface area (Å²) in [6.45, 7) is 1.16. The number of hydrogen-bond acceptors (Lipinski definition) is 2. The lowest BCUT2D eigenvalue weighted by Crippen LogP contribution is -2.15. The third-order valence-electron chi connectivity index (χ3n) is 2.29. The van der Waals surface area contributed by atoms with Crippen molar-refractivity contribution in [2.45, 2.75) is 19.5 Å².